The maximum absolute atomic E-state index is 6.58. The van der Waals surface area contributed by atoms with Crippen molar-refractivity contribution in [3.8, 4) is 22.3 Å². The first-order chi connectivity index (χ1) is 25.8. The first-order valence-corrected chi connectivity index (χ1v) is 17.9. The van der Waals surface area contributed by atoms with Crippen LogP contribution in [0.1, 0.15) is 17.9 Å². The number of hydrogen-bond acceptors (Lipinski definition) is 3. The highest BCUT2D eigenvalue weighted by atomic mass is 16.3. The monoisotopic (exact) mass is 666 g/mol. The van der Waals surface area contributed by atoms with E-state index in [4.69, 9.17) is 4.42 Å². The molecule has 10 rings (SSSR count). The standard InChI is InChI=1S/C49H34N2O/c1-3-12-33(13-4-1)37-18-11-19-40(29-37)51(49-43-26-27-50-32-39(43)30-47-48(49)44-20-9-10-21-46(44)52-47)41-24-25-42(35-15-5-2-6-16-35)45(31-41)38-23-22-34-14-7-8-17-36(34)28-38/h1-12,14-33H,13H2. The Hall–Kier alpha value is -6.71. The van der Waals surface area contributed by atoms with Gasteiger partial charge >= 0.3 is 0 Å². The summed E-state index contributed by atoms with van der Waals surface area (Å²) in [5.74, 6) is 0.312. The molecule has 52 heavy (non-hydrogen) atoms. The zero-order valence-corrected chi connectivity index (χ0v) is 28.5. The molecule has 1 aliphatic rings. The molecule has 7 aromatic carbocycles. The van der Waals surface area contributed by atoms with Crippen LogP contribution in [0.4, 0.5) is 17.1 Å². The molecule has 3 nitrogen and oxygen atoms in total. The first kappa shape index (κ1) is 30.1. The van der Waals surface area contributed by atoms with Crippen LogP contribution >= 0.6 is 0 Å². The number of anilines is 3. The molecule has 0 saturated heterocycles. The van der Waals surface area contributed by atoms with Crippen molar-refractivity contribution in [2.75, 3.05) is 4.90 Å². The van der Waals surface area contributed by atoms with E-state index in [1.165, 1.54) is 38.6 Å². The summed E-state index contributed by atoms with van der Waals surface area (Å²) in [6, 6.07) is 54.7. The smallest absolute Gasteiger partial charge is 0.138 e. The lowest BCUT2D eigenvalue weighted by Gasteiger charge is -2.29. The van der Waals surface area contributed by atoms with Crippen LogP contribution in [0.5, 0.6) is 0 Å². The molecule has 0 saturated carbocycles. The minimum atomic E-state index is 0.312. The zero-order valence-electron chi connectivity index (χ0n) is 28.5. The van der Waals surface area contributed by atoms with Gasteiger partial charge in [0.15, 0.2) is 0 Å². The molecule has 0 N–H and O–H groups in total. The molecule has 0 spiro atoms. The number of fused-ring (bicyclic) bond motifs is 5. The van der Waals surface area contributed by atoms with E-state index in [0.29, 0.717) is 5.92 Å². The summed E-state index contributed by atoms with van der Waals surface area (Å²) in [7, 11) is 0. The van der Waals surface area contributed by atoms with E-state index in [-0.39, 0.29) is 0 Å². The highest BCUT2D eigenvalue weighted by Crippen LogP contribution is 2.49. The van der Waals surface area contributed by atoms with Gasteiger partial charge in [-0.05, 0) is 93.5 Å². The molecule has 9 aromatic rings. The predicted octanol–water partition coefficient (Wildman–Crippen LogP) is 13.7. The summed E-state index contributed by atoms with van der Waals surface area (Å²) < 4.78 is 6.58. The molecule has 0 aliphatic heterocycles. The number of para-hydroxylation sites is 1. The van der Waals surface area contributed by atoms with Gasteiger partial charge in [0.25, 0.3) is 0 Å². The number of rotatable bonds is 6. The van der Waals surface area contributed by atoms with Gasteiger partial charge in [-0.2, -0.15) is 0 Å². The summed E-state index contributed by atoms with van der Waals surface area (Å²) in [4.78, 5) is 6.99. The Morgan fingerprint density at radius 3 is 2.31 bits per heavy atom. The van der Waals surface area contributed by atoms with E-state index in [1.807, 2.05) is 18.5 Å². The number of pyridine rings is 1. The summed E-state index contributed by atoms with van der Waals surface area (Å²) in [6.07, 6.45) is 13.7. The summed E-state index contributed by atoms with van der Waals surface area (Å²) >= 11 is 0. The molecule has 246 valence electrons. The Balaban J connectivity index is 1.29. The van der Waals surface area contributed by atoms with Crippen LogP contribution in [0.15, 0.2) is 193 Å². The zero-order chi connectivity index (χ0) is 34.4. The first-order valence-electron chi connectivity index (χ1n) is 17.9. The Labute approximate surface area is 302 Å². The Bertz CT molecular complexity index is 2840. The van der Waals surface area contributed by atoms with Gasteiger partial charge in [0.2, 0.25) is 0 Å². The highest BCUT2D eigenvalue weighted by molar-refractivity contribution is 6.21. The van der Waals surface area contributed by atoms with Crippen LogP contribution in [-0.2, 0) is 0 Å². The van der Waals surface area contributed by atoms with Crippen LogP contribution in [0, 0.1) is 0 Å². The second kappa shape index (κ2) is 12.6. The number of furan rings is 1. The van der Waals surface area contributed by atoms with Gasteiger partial charge in [-0.3, -0.25) is 4.98 Å². The van der Waals surface area contributed by atoms with Crippen molar-refractivity contribution in [3.05, 3.63) is 194 Å². The molecule has 0 fully saturated rings. The van der Waals surface area contributed by atoms with Crippen LogP contribution in [0.25, 0.3) is 65.7 Å². The number of hydrogen-bond donors (Lipinski definition) is 0. The molecule has 2 heterocycles. The van der Waals surface area contributed by atoms with Crippen molar-refractivity contribution in [1.29, 1.82) is 0 Å². The van der Waals surface area contributed by atoms with Gasteiger partial charge in [-0.25, -0.2) is 0 Å². The fourth-order valence-electron chi connectivity index (χ4n) is 7.92. The van der Waals surface area contributed by atoms with Crippen molar-refractivity contribution < 1.29 is 4.42 Å². The van der Waals surface area contributed by atoms with Gasteiger partial charge < -0.3 is 9.32 Å². The minimum Gasteiger partial charge on any atom is -0.456 e. The molecular formula is C49H34N2O. The molecule has 0 radical (unpaired) electrons. The second-order valence-electron chi connectivity index (χ2n) is 13.5. The summed E-state index contributed by atoms with van der Waals surface area (Å²) in [5.41, 5.74) is 10.9. The van der Waals surface area contributed by atoms with E-state index >= 15 is 0 Å². The fourth-order valence-corrected chi connectivity index (χ4v) is 7.92. The lowest BCUT2D eigenvalue weighted by atomic mass is 9.91. The van der Waals surface area contributed by atoms with Crippen molar-refractivity contribution in [1.82, 2.24) is 4.98 Å². The maximum Gasteiger partial charge on any atom is 0.138 e. The largest absolute Gasteiger partial charge is 0.456 e. The normalized spacial score (nSPS) is 14.1. The number of nitrogens with zero attached hydrogens (tertiary/aromatic N) is 2. The Morgan fingerprint density at radius 2 is 1.40 bits per heavy atom. The molecule has 0 bridgehead atoms. The summed E-state index contributed by atoms with van der Waals surface area (Å²) in [6.45, 7) is 0. The van der Waals surface area contributed by atoms with E-state index in [0.717, 1.165) is 56.2 Å². The molecule has 1 aliphatic carbocycles. The molecular weight excluding hydrogens is 633 g/mol. The van der Waals surface area contributed by atoms with Gasteiger partial charge in [0, 0.05) is 45.8 Å². The molecule has 1 atom stereocenters. The van der Waals surface area contributed by atoms with E-state index in [9.17, 15) is 0 Å². The Kier molecular flexibility index (Phi) is 7.28. The quantitative estimate of drug-likeness (QED) is 0.177. The SMILES string of the molecule is C1=CCC(c2cccc(N(c3ccc(-c4ccccc4)c(-c4ccc5ccccc5c4)c3)c3c4ccncc4cc4oc5ccccc5c34)c2)C=C1. The van der Waals surface area contributed by atoms with Crippen LogP contribution in [0.3, 0.4) is 0 Å². The third kappa shape index (κ3) is 5.18. The van der Waals surface area contributed by atoms with E-state index in [2.05, 4.69) is 180 Å². The summed E-state index contributed by atoms with van der Waals surface area (Å²) in [5, 5.41) is 6.76. The van der Waals surface area contributed by atoms with E-state index in [1.54, 1.807) is 0 Å². The van der Waals surface area contributed by atoms with Gasteiger partial charge in [0.1, 0.15) is 11.2 Å². The highest BCUT2D eigenvalue weighted by Gasteiger charge is 2.24. The number of allylic oxidation sites excluding steroid dienone is 4. The van der Waals surface area contributed by atoms with Crippen LogP contribution < -0.4 is 4.90 Å². The third-order valence-corrected chi connectivity index (χ3v) is 10.4. The average Bonchev–Trinajstić information content (AvgIpc) is 3.59. The van der Waals surface area contributed by atoms with Crippen molar-refractivity contribution in [2.24, 2.45) is 0 Å². The van der Waals surface area contributed by atoms with Gasteiger partial charge in [0.05, 0.1) is 11.1 Å². The number of aromatic nitrogens is 1. The van der Waals surface area contributed by atoms with Gasteiger partial charge in [-0.15, -0.1) is 0 Å². The molecule has 3 heteroatoms. The number of benzene rings is 7. The lowest BCUT2D eigenvalue weighted by molar-refractivity contribution is 0.669. The van der Waals surface area contributed by atoms with Gasteiger partial charge in [-0.1, -0.05) is 127 Å². The predicted molar refractivity (Wildman–Crippen MR) is 218 cm³/mol. The van der Waals surface area contributed by atoms with Crippen LogP contribution in [0.2, 0.25) is 0 Å². The molecule has 2 aromatic heterocycles. The third-order valence-electron chi connectivity index (χ3n) is 10.4. The van der Waals surface area contributed by atoms with Crippen molar-refractivity contribution >= 4 is 60.5 Å². The Morgan fingerprint density at radius 1 is 0.558 bits per heavy atom. The maximum atomic E-state index is 6.58. The molecule has 1 unspecified atom stereocenters. The second-order valence-corrected chi connectivity index (χ2v) is 13.5. The average molecular weight is 667 g/mol. The topological polar surface area (TPSA) is 29.3 Å². The van der Waals surface area contributed by atoms with Crippen molar-refractivity contribution in [2.45, 2.75) is 12.3 Å². The van der Waals surface area contributed by atoms with E-state index < -0.39 is 0 Å². The minimum absolute atomic E-state index is 0.312. The molecule has 0 amide bonds. The lowest BCUT2D eigenvalue weighted by Crippen LogP contribution is -2.12. The van der Waals surface area contributed by atoms with Crippen molar-refractivity contribution in [3.63, 3.8) is 0 Å². The van der Waals surface area contributed by atoms with Crippen LogP contribution in [-0.4, -0.2) is 4.98 Å². The fraction of sp³-hybridized carbons (Fsp3) is 0.0408.